The van der Waals surface area contributed by atoms with Crippen molar-refractivity contribution in [2.75, 3.05) is 26.7 Å². The molecule has 9 heavy (non-hydrogen) atoms. The molecular weight excluding hydrogens is 136 g/mol. The van der Waals surface area contributed by atoms with E-state index in [1.165, 1.54) is 19.5 Å². The number of likely N-dealkylation sites (tertiary alicyclic amines) is 1. The van der Waals surface area contributed by atoms with Crippen molar-refractivity contribution in [1.29, 1.82) is 0 Å². The molecule has 2 N–H and O–H groups in total. The Bertz CT molecular complexity index is 77.5. The molecule has 0 spiro atoms. The van der Waals surface area contributed by atoms with E-state index < -0.39 is 0 Å². The predicted octanol–water partition coefficient (Wildman–Crippen LogP) is 0.319. The molecule has 1 heterocycles. The summed E-state index contributed by atoms with van der Waals surface area (Å²) in [6, 6.07) is 0. The van der Waals surface area contributed by atoms with Crippen LogP contribution >= 0.6 is 12.4 Å². The van der Waals surface area contributed by atoms with Crippen LogP contribution in [0.4, 0.5) is 0 Å². The van der Waals surface area contributed by atoms with Crippen LogP contribution in [0.3, 0.4) is 0 Å². The molecule has 2 nitrogen and oxygen atoms in total. The van der Waals surface area contributed by atoms with E-state index in [0.29, 0.717) is 0 Å². The lowest BCUT2D eigenvalue weighted by atomic mass is 10.1. The Labute approximate surface area is 62.8 Å². The number of nitrogens with two attached hydrogens (primary N) is 1. The second kappa shape index (κ2) is 4.09. The van der Waals surface area contributed by atoms with Crippen molar-refractivity contribution in [2.24, 2.45) is 11.7 Å². The number of nitrogens with zero attached hydrogens (tertiary/aromatic N) is 1. The monoisotopic (exact) mass is 150 g/mol. The minimum absolute atomic E-state index is 0. The van der Waals surface area contributed by atoms with Gasteiger partial charge in [-0.3, -0.25) is 0 Å². The summed E-state index contributed by atoms with van der Waals surface area (Å²) < 4.78 is 0. The Morgan fingerprint density at radius 3 is 2.56 bits per heavy atom. The Hall–Kier alpha value is 0.210. The normalized spacial score (nSPS) is 28.0. The first-order chi connectivity index (χ1) is 3.83. The molecule has 0 aromatic rings. The van der Waals surface area contributed by atoms with E-state index in [-0.39, 0.29) is 12.4 Å². The highest BCUT2D eigenvalue weighted by Gasteiger charge is 2.16. The Morgan fingerprint density at radius 1 is 1.67 bits per heavy atom. The van der Waals surface area contributed by atoms with Gasteiger partial charge in [-0.05, 0) is 32.5 Å². The fraction of sp³-hybridized carbons (Fsp3) is 1.00. The van der Waals surface area contributed by atoms with Crippen molar-refractivity contribution in [3.63, 3.8) is 0 Å². The average Bonchev–Trinajstić information content (AvgIpc) is 2.14. The molecule has 0 unspecified atom stereocenters. The summed E-state index contributed by atoms with van der Waals surface area (Å²) >= 11 is 0. The summed E-state index contributed by atoms with van der Waals surface area (Å²) in [5, 5.41) is 0. The molecule has 1 saturated heterocycles. The van der Waals surface area contributed by atoms with Gasteiger partial charge in [-0.15, -0.1) is 12.4 Å². The minimum Gasteiger partial charge on any atom is -0.330 e. The quantitative estimate of drug-likeness (QED) is 0.584. The topological polar surface area (TPSA) is 29.3 Å². The van der Waals surface area contributed by atoms with Crippen LogP contribution in [-0.4, -0.2) is 31.6 Å². The fourth-order valence-corrected chi connectivity index (χ4v) is 1.22. The Kier molecular flexibility index (Phi) is 4.19. The van der Waals surface area contributed by atoms with Gasteiger partial charge in [-0.1, -0.05) is 0 Å². The first-order valence-electron chi connectivity index (χ1n) is 3.21. The summed E-state index contributed by atoms with van der Waals surface area (Å²) in [6.07, 6.45) is 1.30. The van der Waals surface area contributed by atoms with Crippen molar-refractivity contribution < 1.29 is 0 Å². The molecule has 3 heteroatoms. The van der Waals surface area contributed by atoms with Crippen LogP contribution in [0.15, 0.2) is 0 Å². The molecule has 1 atom stereocenters. The molecule has 1 rings (SSSR count). The molecule has 1 fully saturated rings. The first kappa shape index (κ1) is 9.21. The maximum absolute atomic E-state index is 5.47. The summed E-state index contributed by atoms with van der Waals surface area (Å²) in [7, 11) is 2.15. The van der Waals surface area contributed by atoms with Gasteiger partial charge in [0, 0.05) is 6.54 Å². The van der Waals surface area contributed by atoms with Crippen molar-refractivity contribution in [2.45, 2.75) is 6.42 Å². The summed E-state index contributed by atoms with van der Waals surface area (Å²) in [6.45, 7) is 3.31. The van der Waals surface area contributed by atoms with Crippen LogP contribution in [0.1, 0.15) is 6.42 Å². The zero-order valence-electron chi connectivity index (χ0n) is 5.84. The minimum atomic E-state index is 0. The smallest absolute Gasteiger partial charge is 0.00191 e. The first-order valence-corrected chi connectivity index (χ1v) is 3.21. The van der Waals surface area contributed by atoms with Gasteiger partial charge in [0.15, 0.2) is 0 Å². The third-order valence-electron chi connectivity index (χ3n) is 1.82. The summed E-state index contributed by atoms with van der Waals surface area (Å²) in [5.41, 5.74) is 5.47. The number of halogens is 1. The molecule has 0 radical (unpaired) electrons. The molecule has 0 saturated carbocycles. The summed E-state index contributed by atoms with van der Waals surface area (Å²) in [5.74, 6) is 0.778. The lowest BCUT2D eigenvalue weighted by molar-refractivity contribution is 0.397. The second-order valence-electron chi connectivity index (χ2n) is 2.65. The van der Waals surface area contributed by atoms with Crippen LogP contribution in [0.25, 0.3) is 0 Å². The molecule has 0 bridgehead atoms. The van der Waals surface area contributed by atoms with E-state index in [1.807, 2.05) is 0 Å². The molecule has 1 aliphatic heterocycles. The van der Waals surface area contributed by atoms with Crippen molar-refractivity contribution in [3.8, 4) is 0 Å². The lowest BCUT2D eigenvalue weighted by Crippen LogP contribution is -2.18. The van der Waals surface area contributed by atoms with Gasteiger partial charge in [-0.25, -0.2) is 0 Å². The lowest BCUT2D eigenvalue weighted by Gasteiger charge is -2.05. The molecule has 0 aromatic carbocycles. The van der Waals surface area contributed by atoms with Crippen molar-refractivity contribution in [3.05, 3.63) is 0 Å². The fourth-order valence-electron chi connectivity index (χ4n) is 1.22. The highest BCUT2D eigenvalue weighted by atomic mass is 35.5. The SMILES string of the molecule is CN1CC[C@H](CN)C1.Cl. The van der Waals surface area contributed by atoms with Gasteiger partial charge in [0.2, 0.25) is 0 Å². The molecule has 0 aromatic heterocycles. The standard InChI is InChI=1S/C6H14N2.ClH/c1-8-3-2-6(4-7)5-8;/h6H,2-5,7H2,1H3;1H/t6-;/m1./s1. The highest BCUT2D eigenvalue weighted by Crippen LogP contribution is 2.11. The van der Waals surface area contributed by atoms with E-state index in [4.69, 9.17) is 5.73 Å². The van der Waals surface area contributed by atoms with Gasteiger partial charge in [-0.2, -0.15) is 0 Å². The van der Waals surface area contributed by atoms with Crippen molar-refractivity contribution in [1.82, 2.24) is 4.90 Å². The number of rotatable bonds is 1. The largest absolute Gasteiger partial charge is 0.330 e. The second-order valence-corrected chi connectivity index (χ2v) is 2.65. The number of hydrogen-bond donors (Lipinski definition) is 1. The van der Waals surface area contributed by atoms with Crippen LogP contribution in [0, 0.1) is 5.92 Å². The maximum Gasteiger partial charge on any atom is 0.00191 e. The van der Waals surface area contributed by atoms with Gasteiger partial charge >= 0.3 is 0 Å². The van der Waals surface area contributed by atoms with Gasteiger partial charge < -0.3 is 10.6 Å². The van der Waals surface area contributed by atoms with Gasteiger partial charge in [0.25, 0.3) is 0 Å². The van der Waals surface area contributed by atoms with E-state index >= 15 is 0 Å². The van der Waals surface area contributed by atoms with Crippen LogP contribution in [0.5, 0.6) is 0 Å². The zero-order chi connectivity index (χ0) is 5.98. The van der Waals surface area contributed by atoms with E-state index in [9.17, 15) is 0 Å². The molecule has 0 amide bonds. The van der Waals surface area contributed by atoms with Crippen LogP contribution in [-0.2, 0) is 0 Å². The van der Waals surface area contributed by atoms with Crippen LogP contribution < -0.4 is 5.73 Å². The zero-order valence-corrected chi connectivity index (χ0v) is 6.66. The Balaban J connectivity index is 0.000000640. The van der Waals surface area contributed by atoms with E-state index in [2.05, 4.69) is 11.9 Å². The molecular formula is C6H15ClN2. The average molecular weight is 151 g/mol. The summed E-state index contributed by atoms with van der Waals surface area (Å²) in [4.78, 5) is 2.33. The van der Waals surface area contributed by atoms with Crippen molar-refractivity contribution >= 4 is 12.4 Å². The van der Waals surface area contributed by atoms with Gasteiger partial charge in [0.1, 0.15) is 0 Å². The molecule has 0 aliphatic carbocycles. The number of hydrogen-bond acceptors (Lipinski definition) is 2. The van der Waals surface area contributed by atoms with E-state index in [1.54, 1.807) is 0 Å². The maximum atomic E-state index is 5.47. The Morgan fingerprint density at radius 2 is 2.33 bits per heavy atom. The molecule has 1 aliphatic rings. The predicted molar refractivity (Wildman–Crippen MR) is 41.9 cm³/mol. The van der Waals surface area contributed by atoms with Gasteiger partial charge in [0.05, 0.1) is 0 Å². The highest BCUT2D eigenvalue weighted by molar-refractivity contribution is 5.85. The van der Waals surface area contributed by atoms with Crippen LogP contribution in [0.2, 0.25) is 0 Å². The molecule has 56 valence electrons. The van der Waals surface area contributed by atoms with E-state index in [0.717, 1.165) is 12.5 Å². The third-order valence-corrected chi connectivity index (χ3v) is 1.82. The third kappa shape index (κ3) is 2.52.